The van der Waals surface area contributed by atoms with Gasteiger partial charge in [0.25, 0.3) is 5.91 Å². The van der Waals surface area contributed by atoms with Crippen molar-refractivity contribution in [1.82, 2.24) is 14.9 Å². The summed E-state index contributed by atoms with van der Waals surface area (Å²) in [6.07, 6.45) is 1.72. The van der Waals surface area contributed by atoms with Crippen molar-refractivity contribution in [3.05, 3.63) is 52.5 Å². The average molecular weight is 389 g/mol. The van der Waals surface area contributed by atoms with Crippen LogP contribution in [-0.2, 0) is 29.7 Å². The third-order valence-corrected chi connectivity index (χ3v) is 7.14. The number of furan rings is 1. The van der Waals surface area contributed by atoms with E-state index in [1.807, 2.05) is 6.07 Å². The van der Waals surface area contributed by atoms with E-state index in [9.17, 15) is 13.2 Å². The highest BCUT2D eigenvalue weighted by Gasteiger charge is 2.31. The lowest BCUT2D eigenvalue weighted by Gasteiger charge is -2.14. The molecule has 0 bridgehead atoms. The fraction of sp³-hybridized carbons (Fsp3) is 0.421. The molecule has 1 aromatic carbocycles. The molecule has 1 fully saturated rings. The van der Waals surface area contributed by atoms with Gasteiger partial charge in [0.2, 0.25) is 10.0 Å². The largest absolute Gasteiger partial charge is 0.455 e. The number of benzene rings is 1. The minimum Gasteiger partial charge on any atom is -0.455 e. The first kappa shape index (κ1) is 18.2. The van der Waals surface area contributed by atoms with Crippen LogP contribution in [0.1, 0.15) is 45.8 Å². The fourth-order valence-corrected chi connectivity index (χ4v) is 5.31. The summed E-state index contributed by atoms with van der Waals surface area (Å²) in [4.78, 5) is 12.5. The molecule has 1 amide bonds. The Bertz CT molecular complexity index is 975. The van der Waals surface area contributed by atoms with Crippen LogP contribution < -0.4 is 10.6 Å². The number of fused-ring (bicyclic) bond motifs is 1. The Labute approximate surface area is 158 Å². The van der Waals surface area contributed by atoms with Gasteiger partial charge in [0, 0.05) is 38.8 Å². The first-order chi connectivity index (χ1) is 12.9. The predicted octanol–water partition coefficient (Wildman–Crippen LogP) is 1.91. The maximum absolute atomic E-state index is 12.7. The molecule has 0 spiro atoms. The van der Waals surface area contributed by atoms with Gasteiger partial charge in [-0.25, -0.2) is 8.42 Å². The number of carbonyl (C=O) groups is 1. The molecule has 2 aromatic rings. The molecule has 0 radical (unpaired) electrons. The summed E-state index contributed by atoms with van der Waals surface area (Å²) in [6.45, 7) is 4.69. The number of carbonyl (C=O) groups excluding carboxylic acids is 1. The van der Waals surface area contributed by atoms with Gasteiger partial charge in [0.05, 0.1) is 0 Å². The standard InChI is InChI=1S/C19H23N3O4S/c1-13-18(27(24,25)22-6-2-3-7-22)9-17(26-13)19(23)21-10-14-4-5-15-11-20-12-16(15)8-14/h4-5,8-9,20H,2-3,6-7,10-12H2,1H3,(H,21,23). The molecule has 7 nitrogen and oxygen atoms in total. The second kappa shape index (κ2) is 7.10. The van der Waals surface area contributed by atoms with Crippen LogP contribution in [0.4, 0.5) is 0 Å². The zero-order valence-electron chi connectivity index (χ0n) is 15.2. The highest BCUT2D eigenvalue weighted by molar-refractivity contribution is 7.89. The van der Waals surface area contributed by atoms with Crippen LogP contribution in [0.5, 0.6) is 0 Å². The van der Waals surface area contributed by atoms with Crippen LogP contribution in [0.2, 0.25) is 0 Å². The second-order valence-corrected chi connectivity index (χ2v) is 8.94. The van der Waals surface area contributed by atoms with Gasteiger partial charge in [-0.3, -0.25) is 4.79 Å². The third-order valence-electron chi connectivity index (χ3n) is 5.13. The summed E-state index contributed by atoms with van der Waals surface area (Å²) in [5.41, 5.74) is 3.53. The lowest BCUT2D eigenvalue weighted by Crippen LogP contribution is -2.28. The van der Waals surface area contributed by atoms with Gasteiger partial charge >= 0.3 is 0 Å². The SMILES string of the molecule is Cc1oc(C(=O)NCc2ccc3c(c2)CNC3)cc1S(=O)(=O)N1CCCC1. The van der Waals surface area contributed by atoms with E-state index in [0.29, 0.717) is 19.6 Å². The topological polar surface area (TPSA) is 91.6 Å². The van der Waals surface area contributed by atoms with Crippen LogP contribution in [0.15, 0.2) is 33.6 Å². The van der Waals surface area contributed by atoms with Crippen LogP contribution in [0.3, 0.4) is 0 Å². The molecule has 1 saturated heterocycles. The van der Waals surface area contributed by atoms with Crippen LogP contribution in [-0.4, -0.2) is 31.7 Å². The highest BCUT2D eigenvalue weighted by atomic mass is 32.2. The van der Waals surface area contributed by atoms with Crippen molar-refractivity contribution in [3.63, 3.8) is 0 Å². The number of amides is 1. The summed E-state index contributed by atoms with van der Waals surface area (Å²) in [6, 6.07) is 7.47. The Morgan fingerprint density at radius 2 is 1.93 bits per heavy atom. The maximum atomic E-state index is 12.7. The minimum atomic E-state index is -3.60. The number of sulfonamides is 1. The Morgan fingerprint density at radius 1 is 1.19 bits per heavy atom. The lowest BCUT2D eigenvalue weighted by atomic mass is 10.1. The quantitative estimate of drug-likeness (QED) is 0.815. The number of rotatable bonds is 5. The van der Waals surface area contributed by atoms with E-state index in [1.54, 1.807) is 6.92 Å². The van der Waals surface area contributed by atoms with Gasteiger partial charge < -0.3 is 15.1 Å². The van der Waals surface area contributed by atoms with Gasteiger partial charge in [-0.15, -0.1) is 0 Å². The van der Waals surface area contributed by atoms with Gasteiger partial charge in [0.15, 0.2) is 5.76 Å². The zero-order chi connectivity index (χ0) is 19.0. The maximum Gasteiger partial charge on any atom is 0.287 e. The summed E-state index contributed by atoms with van der Waals surface area (Å²) in [5, 5.41) is 6.10. The van der Waals surface area contributed by atoms with E-state index in [0.717, 1.165) is 31.5 Å². The summed E-state index contributed by atoms with van der Waals surface area (Å²) >= 11 is 0. The molecule has 4 rings (SSSR count). The van der Waals surface area contributed by atoms with Crippen molar-refractivity contribution >= 4 is 15.9 Å². The Kier molecular flexibility index (Phi) is 4.79. The molecule has 27 heavy (non-hydrogen) atoms. The Morgan fingerprint density at radius 3 is 2.70 bits per heavy atom. The monoisotopic (exact) mass is 389 g/mol. The molecule has 0 unspecified atom stereocenters. The van der Waals surface area contributed by atoms with E-state index in [1.165, 1.54) is 21.5 Å². The van der Waals surface area contributed by atoms with Crippen LogP contribution in [0.25, 0.3) is 0 Å². The van der Waals surface area contributed by atoms with Crippen molar-refractivity contribution in [1.29, 1.82) is 0 Å². The summed E-state index contributed by atoms with van der Waals surface area (Å²) in [7, 11) is -3.60. The molecule has 0 saturated carbocycles. The highest BCUT2D eigenvalue weighted by Crippen LogP contribution is 2.26. The molecule has 3 heterocycles. The first-order valence-corrected chi connectivity index (χ1v) is 10.6. The molecule has 2 N–H and O–H groups in total. The summed E-state index contributed by atoms with van der Waals surface area (Å²) < 4.78 is 32.3. The van der Waals surface area contributed by atoms with Crippen molar-refractivity contribution in [2.45, 2.75) is 44.3 Å². The average Bonchev–Trinajstić information content (AvgIpc) is 3.39. The van der Waals surface area contributed by atoms with Gasteiger partial charge in [-0.05, 0) is 36.5 Å². The van der Waals surface area contributed by atoms with E-state index in [2.05, 4.69) is 22.8 Å². The number of hydrogen-bond acceptors (Lipinski definition) is 5. The molecule has 0 atom stereocenters. The normalized spacial score (nSPS) is 17.2. The molecule has 0 aliphatic carbocycles. The van der Waals surface area contributed by atoms with E-state index in [4.69, 9.17) is 4.42 Å². The minimum absolute atomic E-state index is 0.0214. The van der Waals surface area contributed by atoms with Crippen LogP contribution in [0, 0.1) is 6.92 Å². The van der Waals surface area contributed by atoms with Crippen molar-refractivity contribution < 1.29 is 17.6 Å². The van der Waals surface area contributed by atoms with E-state index >= 15 is 0 Å². The van der Waals surface area contributed by atoms with E-state index < -0.39 is 15.9 Å². The molecular formula is C19H23N3O4S. The van der Waals surface area contributed by atoms with Gasteiger partial charge in [-0.1, -0.05) is 18.2 Å². The molecule has 144 valence electrons. The van der Waals surface area contributed by atoms with Crippen molar-refractivity contribution in [2.75, 3.05) is 13.1 Å². The predicted molar refractivity (Wildman–Crippen MR) is 99.6 cm³/mol. The molecule has 2 aliphatic rings. The van der Waals surface area contributed by atoms with Gasteiger partial charge in [0.1, 0.15) is 10.7 Å². The Hall–Kier alpha value is -2.16. The van der Waals surface area contributed by atoms with Crippen molar-refractivity contribution in [2.24, 2.45) is 0 Å². The van der Waals surface area contributed by atoms with Gasteiger partial charge in [-0.2, -0.15) is 4.31 Å². The molecule has 1 aromatic heterocycles. The number of aryl methyl sites for hydroxylation is 1. The lowest BCUT2D eigenvalue weighted by molar-refractivity contribution is 0.0922. The van der Waals surface area contributed by atoms with Crippen molar-refractivity contribution in [3.8, 4) is 0 Å². The molecular weight excluding hydrogens is 366 g/mol. The third kappa shape index (κ3) is 3.52. The smallest absolute Gasteiger partial charge is 0.287 e. The number of nitrogens with one attached hydrogen (secondary N) is 2. The Balaban J connectivity index is 1.46. The van der Waals surface area contributed by atoms with E-state index in [-0.39, 0.29) is 16.4 Å². The fourth-order valence-electron chi connectivity index (χ4n) is 3.63. The number of nitrogens with zero attached hydrogens (tertiary/aromatic N) is 1. The zero-order valence-corrected chi connectivity index (χ0v) is 16.1. The second-order valence-electron chi connectivity index (χ2n) is 7.03. The molecule has 8 heteroatoms. The number of hydrogen-bond donors (Lipinski definition) is 2. The van der Waals surface area contributed by atoms with Crippen LogP contribution >= 0.6 is 0 Å². The summed E-state index contributed by atoms with van der Waals surface area (Å²) in [5.74, 6) is -0.150. The molecule has 2 aliphatic heterocycles. The first-order valence-electron chi connectivity index (χ1n) is 9.15.